The first-order valence-corrected chi connectivity index (χ1v) is 6.83. The van der Waals surface area contributed by atoms with E-state index in [1.54, 1.807) is 32.9 Å². The summed E-state index contributed by atoms with van der Waals surface area (Å²) in [7, 11) is 0. The zero-order valence-electron chi connectivity index (χ0n) is 14.9. The number of hydrogen-bond acceptors (Lipinski definition) is 3. The molecule has 0 aliphatic heterocycles. The molecule has 0 atom stereocenters. The molecule has 0 fully saturated rings. The van der Waals surface area contributed by atoms with Crippen LogP contribution in [0.1, 0.15) is 48.5 Å². The predicted octanol–water partition coefficient (Wildman–Crippen LogP) is 3.75. The van der Waals surface area contributed by atoms with Gasteiger partial charge in [-0.1, -0.05) is 39.5 Å². The number of hydrogen-bond donors (Lipinski definition) is 3. The number of carboxylic acid groups (broad SMARTS) is 3. The Kier molecular flexibility index (Phi) is 13.6. The molecular formula is C17H28O6. The zero-order valence-corrected chi connectivity index (χ0v) is 14.9. The van der Waals surface area contributed by atoms with Crippen LogP contribution in [0.25, 0.3) is 0 Å². The maximum absolute atomic E-state index is 10.3. The van der Waals surface area contributed by atoms with Crippen LogP contribution in [0.15, 0.2) is 35.5 Å². The van der Waals surface area contributed by atoms with Crippen molar-refractivity contribution in [2.45, 2.75) is 48.5 Å². The lowest BCUT2D eigenvalue weighted by molar-refractivity contribution is -0.133. The van der Waals surface area contributed by atoms with E-state index in [0.717, 1.165) is 0 Å². The standard InChI is InChI=1S/C8H14O2.C5H8O2.C4H6O2/c1-6(7(9)10)5-8(2,3)4;1-3-4(2)5(6)7;1-3(2)4(5)6/h5H,1-4H3,(H,9,10);3H,1-2H3,(H,6,7);1H2,2H3,(H,5,6). The molecule has 0 amide bonds. The van der Waals surface area contributed by atoms with Crippen molar-refractivity contribution in [2.24, 2.45) is 5.41 Å². The second-order valence-electron chi connectivity index (χ2n) is 5.86. The molecule has 3 N–H and O–H groups in total. The van der Waals surface area contributed by atoms with Crippen molar-refractivity contribution in [1.29, 1.82) is 0 Å². The first-order chi connectivity index (χ1) is 10.2. The van der Waals surface area contributed by atoms with Gasteiger partial charge in [0.15, 0.2) is 0 Å². The molecule has 6 nitrogen and oxygen atoms in total. The van der Waals surface area contributed by atoms with E-state index in [9.17, 15) is 14.4 Å². The lowest BCUT2D eigenvalue weighted by Gasteiger charge is -2.11. The second kappa shape index (κ2) is 12.2. The minimum absolute atomic E-state index is 0.0392. The van der Waals surface area contributed by atoms with Gasteiger partial charge in [-0.3, -0.25) is 0 Å². The molecule has 6 heteroatoms. The van der Waals surface area contributed by atoms with Gasteiger partial charge < -0.3 is 15.3 Å². The number of rotatable bonds is 3. The van der Waals surface area contributed by atoms with Crippen molar-refractivity contribution in [1.82, 2.24) is 0 Å². The zero-order chi connectivity index (χ0) is 19.4. The third kappa shape index (κ3) is 22.1. The van der Waals surface area contributed by atoms with Gasteiger partial charge in [-0.2, -0.15) is 0 Å². The van der Waals surface area contributed by atoms with Crippen LogP contribution in [0, 0.1) is 5.41 Å². The highest BCUT2D eigenvalue weighted by Crippen LogP contribution is 2.17. The van der Waals surface area contributed by atoms with E-state index in [-0.39, 0.29) is 11.0 Å². The normalized spacial score (nSPS) is 11.3. The van der Waals surface area contributed by atoms with Gasteiger partial charge in [0.05, 0.1) is 0 Å². The van der Waals surface area contributed by atoms with Crippen LogP contribution >= 0.6 is 0 Å². The quantitative estimate of drug-likeness (QED) is 0.680. The SMILES string of the molecule is C=C(C)C(=O)O.CC(=CC(C)(C)C)C(=O)O.CC=C(C)C(=O)O. The van der Waals surface area contributed by atoms with Crippen molar-refractivity contribution in [3.8, 4) is 0 Å². The molecule has 0 saturated carbocycles. The minimum atomic E-state index is -0.935. The van der Waals surface area contributed by atoms with E-state index in [4.69, 9.17) is 15.3 Å². The lowest BCUT2D eigenvalue weighted by Crippen LogP contribution is -2.05. The molecule has 0 spiro atoms. The van der Waals surface area contributed by atoms with E-state index in [1.165, 1.54) is 6.92 Å². The summed E-state index contributed by atoms with van der Waals surface area (Å²) in [5, 5.41) is 24.5. The number of aliphatic carboxylic acids is 3. The molecule has 0 aliphatic carbocycles. The summed E-state index contributed by atoms with van der Waals surface area (Å²) < 4.78 is 0. The molecule has 0 saturated heterocycles. The maximum Gasteiger partial charge on any atom is 0.330 e. The molecule has 23 heavy (non-hydrogen) atoms. The second-order valence-corrected chi connectivity index (χ2v) is 5.86. The van der Waals surface area contributed by atoms with Gasteiger partial charge in [-0.05, 0) is 33.1 Å². The molecule has 0 bridgehead atoms. The Hall–Kier alpha value is -2.37. The number of carboxylic acids is 3. The van der Waals surface area contributed by atoms with E-state index in [1.807, 2.05) is 20.8 Å². The smallest absolute Gasteiger partial charge is 0.330 e. The molecular weight excluding hydrogens is 300 g/mol. The van der Waals surface area contributed by atoms with Gasteiger partial charge in [0.2, 0.25) is 0 Å². The first-order valence-electron chi connectivity index (χ1n) is 6.83. The Balaban J connectivity index is -0.000000272. The molecule has 0 aromatic carbocycles. The molecule has 0 aromatic heterocycles. The summed E-state index contributed by atoms with van der Waals surface area (Å²) in [5.74, 6) is -2.62. The van der Waals surface area contributed by atoms with E-state index in [0.29, 0.717) is 11.1 Å². The molecule has 132 valence electrons. The molecule has 0 heterocycles. The Morgan fingerprint density at radius 2 is 1.13 bits per heavy atom. The highest BCUT2D eigenvalue weighted by Gasteiger charge is 2.09. The van der Waals surface area contributed by atoms with Crippen LogP contribution in [0.4, 0.5) is 0 Å². The molecule has 0 aromatic rings. The monoisotopic (exact) mass is 328 g/mol. The fourth-order valence-electron chi connectivity index (χ4n) is 0.835. The molecule has 0 aliphatic rings. The maximum atomic E-state index is 10.3. The summed E-state index contributed by atoms with van der Waals surface area (Å²) in [6, 6.07) is 0. The van der Waals surface area contributed by atoms with Gasteiger partial charge in [-0.25, -0.2) is 14.4 Å². The van der Waals surface area contributed by atoms with Gasteiger partial charge in [0.1, 0.15) is 0 Å². The Labute approximate surface area is 137 Å². The van der Waals surface area contributed by atoms with Crippen LogP contribution in [0.2, 0.25) is 0 Å². The average molecular weight is 328 g/mol. The van der Waals surface area contributed by atoms with Crippen molar-refractivity contribution in [3.05, 3.63) is 35.5 Å². The van der Waals surface area contributed by atoms with Gasteiger partial charge in [-0.15, -0.1) is 0 Å². The molecule has 0 radical (unpaired) electrons. The fraction of sp³-hybridized carbons (Fsp3) is 0.471. The van der Waals surface area contributed by atoms with Crippen molar-refractivity contribution in [2.75, 3.05) is 0 Å². The fourth-order valence-corrected chi connectivity index (χ4v) is 0.835. The summed E-state index contributed by atoms with van der Waals surface area (Å²) >= 11 is 0. The average Bonchev–Trinajstić information content (AvgIpc) is 2.36. The summed E-state index contributed by atoms with van der Waals surface area (Å²) in [5.41, 5.74) is 0.935. The molecule has 0 rings (SSSR count). The van der Waals surface area contributed by atoms with Crippen LogP contribution in [0.5, 0.6) is 0 Å². The third-order valence-corrected chi connectivity index (χ3v) is 2.12. The van der Waals surface area contributed by atoms with Gasteiger partial charge in [0, 0.05) is 16.7 Å². The van der Waals surface area contributed by atoms with Gasteiger partial charge in [0.25, 0.3) is 0 Å². The Bertz CT molecular complexity index is 478. The largest absolute Gasteiger partial charge is 0.478 e. The van der Waals surface area contributed by atoms with E-state index in [2.05, 4.69) is 6.58 Å². The van der Waals surface area contributed by atoms with E-state index < -0.39 is 17.9 Å². The Morgan fingerprint density at radius 1 is 0.826 bits per heavy atom. The van der Waals surface area contributed by atoms with Crippen molar-refractivity contribution < 1.29 is 29.7 Å². The third-order valence-electron chi connectivity index (χ3n) is 2.12. The van der Waals surface area contributed by atoms with Crippen molar-refractivity contribution >= 4 is 17.9 Å². The molecule has 0 unspecified atom stereocenters. The first kappa shape index (κ1) is 25.6. The highest BCUT2D eigenvalue weighted by molar-refractivity contribution is 5.86. The number of allylic oxidation sites excluding steroid dienone is 2. The van der Waals surface area contributed by atoms with Crippen LogP contribution in [-0.2, 0) is 14.4 Å². The van der Waals surface area contributed by atoms with Crippen LogP contribution in [-0.4, -0.2) is 33.2 Å². The minimum Gasteiger partial charge on any atom is -0.478 e. The highest BCUT2D eigenvalue weighted by atomic mass is 16.4. The Morgan fingerprint density at radius 3 is 1.17 bits per heavy atom. The predicted molar refractivity (Wildman–Crippen MR) is 90.4 cm³/mol. The van der Waals surface area contributed by atoms with Gasteiger partial charge >= 0.3 is 17.9 Å². The summed E-state index contributed by atoms with van der Waals surface area (Å²) in [6.45, 7) is 15.4. The van der Waals surface area contributed by atoms with E-state index >= 15 is 0 Å². The van der Waals surface area contributed by atoms with Crippen LogP contribution in [0.3, 0.4) is 0 Å². The number of carbonyl (C=O) groups is 3. The summed E-state index contributed by atoms with van der Waals surface area (Å²) in [6.07, 6.45) is 3.30. The van der Waals surface area contributed by atoms with Crippen molar-refractivity contribution in [3.63, 3.8) is 0 Å². The topological polar surface area (TPSA) is 112 Å². The van der Waals surface area contributed by atoms with Crippen LogP contribution < -0.4 is 0 Å². The lowest BCUT2D eigenvalue weighted by atomic mass is 9.94. The summed E-state index contributed by atoms with van der Waals surface area (Å²) in [4.78, 5) is 29.8.